The van der Waals surface area contributed by atoms with Crippen molar-refractivity contribution in [2.45, 2.75) is 19.8 Å². The second-order valence-corrected chi connectivity index (χ2v) is 7.50. The van der Waals surface area contributed by atoms with Gasteiger partial charge in [0.15, 0.2) is 5.17 Å². The molecule has 1 saturated heterocycles. The van der Waals surface area contributed by atoms with Crippen LogP contribution in [0, 0.1) is 5.92 Å². The van der Waals surface area contributed by atoms with E-state index in [1.807, 2.05) is 32.3 Å². The van der Waals surface area contributed by atoms with E-state index in [1.54, 1.807) is 0 Å². The predicted molar refractivity (Wildman–Crippen MR) is 98.8 cm³/mol. The topological polar surface area (TPSA) is 35.9 Å². The normalized spacial score (nSPS) is 23.3. The lowest BCUT2D eigenvalue weighted by atomic mass is 10.0. The third-order valence-corrected chi connectivity index (χ3v) is 5.29. The van der Waals surface area contributed by atoms with Crippen LogP contribution in [0.2, 0.25) is 0 Å². The highest BCUT2D eigenvalue weighted by molar-refractivity contribution is 8.18. The molecule has 0 bridgehead atoms. The highest BCUT2D eigenvalue weighted by atomic mass is 32.2. The molecule has 2 heterocycles. The molecule has 0 spiro atoms. The van der Waals surface area contributed by atoms with Crippen LogP contribution >= 0.6 is 11.8 Å². The zero-order chi connectivity index (χ0) is 16.4. The van der Waals surface area contributed by atoms with Crippen molar-refractivity contribution in [3.63, 3.8) is 0 Å². The van der Waals surface area contributed by atoms with Gasteiger partial charge in [-0.3, -0.25) is 4.79 Å². The second-order valence-electron chi connectivity index (χ2n) is 6.49. The first-order chi connectivity index (χ1) is 11.0. The quantitative estimate of drug-likeness (QED) is 0.779. The maximum atomic E-state index is 12.2. The van der Waals surface area contributed by atoms with E-state index >= 15 is 0 Å². The Kier molecular flexibility index (Phi) is 4.76. The molecule has 0 saturated carbocycles. The number of anilines is 1. The number of rotatable bonds is 2. The van der Waals surface area contributed by atoms with E-state index in [-0.39, 0.29) is 5.91 Å². The summed E-state index contributed by atoms with van der Waals surface area (Å²) in [5, 5.41) is 0.873. The summed E-state index contributed by atoms with van der Waals surface area (Å²) in [6, 6.07) is 8.20. The lowest BCUT2D eigenvalue weighted by Crippen LogP contribution is -2.37. The highest BCUT2D eigenvalue weighted by Crippen LogP contribution is 2.32. The van der Waals surface area contributed by atoms with Crippen LogP contribution < -0.4 is 4.90 Å². The molecule has 0 aliphatic carbocycles. The summed E-state index contributed by atoms with van der Waals surface area (Å²) in [5.74, 6) is 0.564. The van der Waals surface area contributed by atoms with Crippen LogP contribution in [-0.4, -0.2) is 43.2 Å². The molecule has 1 amide bonds. The molecule has 1 fully saturated rings. The van der Waals surface area contributed by atoms with E-state index in [2.05, 4.69) is 33.8 Å². The Morgan fingerprint density at radius 2 is 2.04 bits per heavy atom. The summed E-state index contributed by atoms with van der Waals surface area (Å²) in [6.45, 7) is 4.27. The minimum Gasteiger partial charge on any atom is -0.378 e. The van der Waals surface area contributed by atoms with Gasteiger partial charge in [-0.2, -0.15) is 4.99 Å². The van der Waals surface area contributed by atoms with Crippen LogP contribution in [-0.2, 0) is 4.79 Å². The van der Waals surface area contributed by atoms with E-state index < -0.39 is 0 Å². The molecular weight excluding hydrogens is 306 g/mol. The van der Waals surface area contributed by atoms with Crippen LogP contribution in [0.4, 0.5) is 5.69 Å². The van der Waals surface area contributed by atoms with Gasteiger partial charge in [-0.25, -0.2) is 0 Å². The second kappa shape index (κ2) is 6.79. The van der Waals surface area contributed by atoms with Gasteiger partial charge in [0, 0.05) is 32.9 Å². The van der Waals surface area contributed by atoms with E-state index in [9.17, 15) is 4.79 Å². The van der Waals surface area contributed by atoms with Gasteiger partial charge < -0.3 is 9.80 Å². The van der Waals surface area contributed by atoms with Gasteiger partial charge in [-0.15, -0.1) is 0 Å². The molecule has 23 heavy (non-hydrogen) atoms. The minimum atomic E-state index is -0.111. The number of benzene rings is 1. The van der Waals surface area contributed by atoms with Gasteiger partial charge in [-0.05, 0) is 54.3 Å². The summed E-state index contributed by atoms with van der Waals surface area (Å²) in [4.78, 5) is 21.5. The number of carbonyl (C=O) groups is 1. The van der Waals surface area contributed by atoms with E-state index in [0.717, 1.165) is 34.4 Å². The van der Waals surface area contributed by atoms with E-state index in [0.29, 0.717) is 5.92 Å². The number of likely N-dealkylation sites (tertiary alicyclic amines) is 1. The molecule has 2 aliphatic heterocycles. The molecule has 0 radical (unpaired) electrons. The monoisotopic (exact) mass is 329 g/mol. The van der Waals surface area contributed by atoms with Crippen LogP contribution in [0.1, 0.15) is 25.3 Å². The average molecular weight is 329 g/mol. The molecule has 1 aromatic rings. The summed E-state index contributed by atoms with van der Waals surface area (Å²) < 4.78 is 0. The first-order valence-corrected chi connectivity index (χ1v) is 8.89. The van der Waals surface area contributed by atoms with Gasteiger partial charge in [-0.1, -0.05) is 19.1 Å². The summed E-state index contributed by atoms with van der Waals surface area (Å²) in [7, 11) is 4.03. The molecule has 0 N–H and O–H groups in total. The number of thioether (sulfide) groups is 1. The van der Waals surface area contributed by atoms with Crippen molar-refractivity contribution < 1.29 is 4.79 Å². The van der Waals surface area contributed by atoms with Crippen molar-refractivity contribution in [3.8, 4) is 0 Å². The molecular formula is C18H23N3OS. The van der Waals surface area contributed by atoms with Crippen molar-refractivity contribution in [2.75, 3.05) is 32.1 Å². The SMILES string of the molecule is CC1CCCN(C2=NC(=O)C(=Cc3ccc(N(C)C)cc3)S2)C1. The van der Waals surface area contributed by atoms with Gasteiger partial charge in [0.05, 0.1) is 4.91 Å². The highest BCUT2D eigenvalue weighted by Gasteiger charge is 2.28. The number of nitrogens with zero attached hydrogens (tertiary/aromatic N) is 3. The van der Waals surface area contributed by atoms with Gasteiger partial charge in [0.2, 0.25) is 0 Å². The molecule has 3 rings (SSSR count). The number of carbonyl (C=O) groups excluding carboxylic acids is 1. The maximum Gasteiger partial charge on any atom is 0.286 e. The third-order valence-electron chi connectivity index (χ3n) is 4.24. The summed E-state index contributed by atoms with van der Waals surface area (Å²) in [5.41, 5.74) is 2.19. The number of aliphatic imine (C=N–C) groups is 1. The minimum absolute atomic E-state index is 0.111. The molecule has 122 valence electrons. The lowest BCUT2D eigenvalue weighted by Gasteiger charge is -2.31. The van der Waals surface area contributed by atoms with Crippen molar-refractivity contribution >= 4 is 34.6 Å². The molecule has 1 aromatic carbocycles. The van der Waals surface area contributed by atoms with Crippen LogP contribution in [0.25, 0.3) is 6.08 Å². The number of amides is 1. The van der Waals surface area contributed by atoms with Gasteiger partial charge >= 0.3 is 0 Å². The third kappa shape index (κ3) is 3.78. The summed E-state index contributed by atoms with van der Waals surface area (Å²) >= 11 is 1.51. The smallest absolute Gasteiger partial charge is 0.286 e. The fourth-order valence-corrected chi connectivity index (χ4v) is 3.86. The molecule has 5 heteroatoms. The first-order valence-electron chi connectivity index (χ1n) is 8.08. The molecule has 1 atom stereocenters. The number of hydrogen-bond donors (Lipinski definition) is 0. The Morgan fingerprint density at radius 1 is 1.30 bits per heavy atom. The lowest BCUT2D eigenvalue weighted by molar-refractivity contribution is -0.113. The van der Waals surface area contributed by atoms with Crippen LogP contribution in [0.3, 0.4) is 0 Å². The standard InChI is InChI=1S/C18H23N3OS/c1-13-5-4-10-21(12-13)18-19-17(22)16(23-18)11-14-6-8-15(9-7-14)20(2)3/h6-9,11,13H,4-5,10,12H2,1-3H3. The van der Waals surface area contributed by atoms with Crippen LogP contribution in [0.5, 0.6) is 0 Å². The Balaban J connectivity index is 1.71. The maximum absolute atomic E-state index is 12.2. The number of piperidine rings is 1. The van der Waals surface area contributed by atoms with Crippen molar-refractivity contribution in [2.24, 2.45) is 10.9 Å². The fraction of sp³-hybridized carbons (Fsp3) is 0.444. The van der Waals surface area contributed by atoms with E-state index in [4.69, 9.17) is 0 Å². The molecule has 2 aliphatic rings. The zero-order valence-corrected chi connectivity index (χ0v) is 14.8. The first kappa shape index (κ1) is 16.1. The number of amidine groups is 1. The van der Waals surface area contributed by atoms with Crippen molar-refractivity contribution in [1.29, 1.82) is 0 Å². The Morgan fingerprint density at radius 3 is 2.70 bits per heavy atom. The Hall–Kier alpha value is -1.75. The zero-order valence-electron chi connectivity index (χ0n) is 14.0. The van der Waals surface area contributed by atoms with Crippen LogP contribution in [0.15, 0.2) is 34.2 Å². The van der Waals surface area contributed by atoms with Crippen molar-refractivity contribution in [3.05, 3.63) is 34.7 Å². The Bertz CT molecular complexity index is 649. The summed E-state index contributed by atoms with van der Waals surface area (Å²) in [6.07, 6.45) is 4.39. The molecule has 0 aromatic heterocycles. The van der Waals surface area contributed by atoms with Gasteiger partial charge in [0.1, 0.15) is 0 Å². The largest absolute Gasteiger partial charge is 0.378 e. The van der Waals surface area contributed by atoms with E-state index in [1.165, 1.54) is 24.6 Å². The average Bonchev–Trinajstić information content (AvgIpc) is 2.89. The molecule has 1 unspecified atom stereocenters. The number of hydrogen-bond acceptors (Lipinski definition) is 4. The fourth-order valence-electron chi connectivity index (χ4n) is 2.92. The Labute approximate surface area is 142 Å². The predicted octanol–water partition coefficient (Wildman–Crippen LogP) is 3.45. The van der Waals surface area contributed by atoms with Crippen molar-refractivity contribution in [1.82, 2.24) is 4.90 Å². The molecule has 4 nitrogen and oxygen atoms in total. The van der Waals surface area contributed by atoms with Gasteiger partial charge in [0.25, 0.3) is 5.91 Å².